The number of hydrogen-bond donors (Lipinski definition) is 0. The zero-order chi connectivity index (χ0) is 19.4. The van der Waals surface area contributed by atoms with Gasteiger partial charge in [0.2, 0.25) is 5.52 Å². The van der Waals surface area contributed by atoms with Gasteiger partial charge >= 0.3 is 0 Å². The first-order chi connectivity index (χ1) is 13.5. The summed E-state index contributed by atoms with van der Waals surface area (Å²) in [5.74, 6) is 0.131. The number of ether oxygens (including phenoxy) is 1. The number of anilines is 1. The lowest BCUT2D eigenvalue weighted by molar-refractivity contribution is -0.642. The molecule has 5 nitrogen and oxygen atoms in total. The van der Waals surface area contributed by atoms with Crippen molar-refractivity contribution in [2.24, 2.45) is 13.0 Å². The molecule has 2 heterocycles. The van der Waals surface area contributed by atoms with Gasteiger partial charge in [-0.2, -0.15) is 4.57 Å². The number of benzene rings is 2. The molecule has 0 radical (unpaired) electrons. The van der Waals surface area contributed by atoms with Gasteiger partial charge in [0.05, 0.1) is 11.3 Å². The molecule has 1 aliphatic heterocycles. The Bertz CT molecular complexity index is 1200. The molecule has 0 bridgehead atoms. The molecule has 0 saturated heterocycles. The minimum atomic E-state index is -0.780. The molecular formula is C22H17N2O3S+. The summed E-state index contributed by atoms with van der Waals surface area (Å²) >= 11 is 1.57. The summed E-state index contributed by atoms with van der Waals surface area (Å²) in [7, 11) is 3.80. The first kappa shape index (κ1) is 16.9. The third-order valence-corrected chi connectivity index (χ3v) is 6.38. The summed E-state index contributed by atoms with van der Waals surface area (Å²) in [6.07, 6.45) is 3.32. The molecule has 3 aromatic rings. The van der Waals surface area contributed by atoms with Gasteiger partial charge in [-0.05, 0) is 24.3 Å². The summed E-state index contributed by atoms with van der Waals surface area (Å²) in [5, 5.41) is 0.880. The molecular weight excluding hydrogens is 372 g/mol. The number of nitrogens with zero attached hydrogens (tertiary/aromatic N) is 2. The van der Waals surface area contributed by atoms with E-state index in [0.29, 0.717) is 5.88 Å². The van der Waals surface area contributed by atoms with Crippen molar-refractivity contribution >= 4 is 44.9 Å². The Balaban J connectivity index is 1.43. The van der Waals surface area contributed by atoms with Crippen LogP contribution in [0.1, 0.15) is 5.01 Å². The number of rotatable bonds is 2. The first-order valence-electron chi connectivity index (χ1n) is 8.95. The average molecular weight is 389 g/mol. The summed E-state index contributed by atoms with van der Waals surface area (Å²) in [4.78, 5) is 27.2. The molecule has 1 fully saturated rings. The Morgan fingerprint density at radius 2 is 1.79 bits per heavy atom. The fourth-order valence-electron chi connectivity index (χ4n) is 3.57. The van der Waals surface area contributed by atoms with Crippen molar-refractivity contribution in [1.29, 1.82) is 0 Å². The van der Waals surface area contributed by atoms with E-state index in [0.717, 1.165) is 26.7 Å². The molecule has 6 heteroatoms. The number of aryl methyl sites for hydroxylation is 1. The summed E-state index contributed by atoms with van der Waals surface area (Å²) < 4.78 is 8.92. The van der Waals surface area contributed by atoms with Crippen LogP contribution in [0.25, 0.3) is 16.3 Å². The summed E-state index contributed by atoms with van der Waals surface area (Å²) in [5.41, 5.74) is 2.25. The highest BCUT2D eigenvalue weighted by Gasteiger charge is 2.44. The zero-order valence-corrected chi connectivity index (χ0v) is 16.2. The van der Waals surface area contributed by atoms with E-state index in [1.807, 2.05) is 72.1 Å². The Labute approximate surface area is 165 Å². The number of carbonyl (C=O) groups is 2. The van der Waals surface area contributed by atoms with Gasteiger partial charge in [0.15, 0.2) is 23.2 Å². The molecule has 5 rings (SSSR count). The Morgan fingerprint density at radius 1 is 1.07 bits per heavy atom. The molecule has 0 N–H and O–H groups in total. The smallest absolute Gasteiger partial charge is 0.263 e. The second-order valence-electron chi connectivity index (χ2n) is 6.86. The van der Waals surface area contributed by atoms with Crippen LogP contribution >= 0.6 is 11.3 Å². The largest absolute Gasteiger partial charge is 0.439 e. The number of carbonyl (C=O) groups excluding carboxylic acids is 2. The van der Waals surface area contributed by atoms with Crippen LogP contribution < -0.4 is 14.2 Å². The molecule has 1 saturated carbocycles. The van der Waals surface area contributed by atoms with Crippen LogP contribution in [0.2, 0.25) is 0 Å². The van der Waals surface area contributed by atoms with E-state index < -0.39 is 5.92 Å². The number of Topliss-reactive ketones (excluding diaryl/α,β-unsaturated/α-hetero) is 2. The molecule has 0 atom stereocenters. The number of ketones is 2. The van der Waals surface area contributed by atoms with Crippen LogP contribution in [0.15, 0.2) is 66.1 Å². The average Bonchev–Trinajstić information content (AvgIpc) is 3.21. The van der Waals surface area contributed by atoms with Crippen molar-refractivity contribution in [3.8, 4) is 5.75 Å². The van der Waals surface area contributed by atoms with Gasteiger partial charge in [0.1, 0.15) is 17.7 Å². The van der Waals surface area contributed by atoms with Gasteiger partial charge in [0.25, 0.3) is 5.01 Å². The van der Waals surface area contributed by atoms with Crippen molar-refractivity contribution in [2.75, 3.05) is 11.9 Å². The van der Waals surface area contributed by atoms with Crippen molar-refractivity contribution in [2.45, 2.75) is 0 Å². The van der Waals surface area contributed by atoms with Gasteiger partial charge in [-0.1, -0.05) is 35.6 Å². The van der Waals surface area contributed by atoms with E-state index in [4.69, 9.17) is 4.74 Å². The van der Waals surface area contributed by atoms with Crippen LogP contribution in [-0.2, 0) is 16.6 Å². The lowest BCUT2D eigenvalue weighted by atomic mass is 9.76. The summed E-state index contributed by atoms with van der Waals surface area (Å²) in [6, 6.07) is 15.6. The van der Waals surface area contributed by atoms with E-state index in [9.17, 15) is 9.59 Å². The fourth-order valence-corrected chi connectivity index (χ4v) is 4.66. The van der Waals surface area contributed by atoms with E-state index in [-0.39, 0.29) is 17.1 Å². The normalized spacial score (nSPS) is 19.8. The maximum absolute atomic E-state index is 12.7. The molecule has 0 unspecified atom stereocenters. The fraction of sp³-hybridized carbons (Fsp3) is 0.136. The molecule has 2 aromatic carbocycles. The van der Waals surface area contributed by atoms with E-state index in [1.165, 1.54) is 0 Å². The SMILES string of the molecule is CN1/C(=C\C2C(=O)C(=Cc3sc4ccccc4[n+]3C)C2=O)Oc2ccccc21. The molecule has 2 aliphatic rings. The van der Waals surface area contributed by atoms with Crippen LogP contribution in [0.5, 0.6) is 5.75 Å². The number of hydrogen-bond acceptors (Lipinski definition) is 5. The highest BCUT2D eigenvalue weighted by atomic mass is 32.1. The minimum absolute atomic E-state index is 0.164. The lowest BCUT2D eigenvalue weighted by Crippen LogP contribution is -2.41. The Kier molecular flexibility index (Phi) is 3.70. The monoisotopic (exact) mass is 389 g/mol. The van der Waals surface area contributed by atoms with E-state index in [2.05, 4.69) is 0 Å². The van der Waals surface area contributed by atoms with Gasteiger partial charge < -0.3 is 9.64 Å². The molecule has 1 aromatic heterocycles. The number of allylic oxidation sites excluding steroid dienone is 2. The topological polar surface area (TPSA) is 50.5 Å². The molecule has 0 spiro atoms. The number of aromatic nitrogens is 1. The maximum Gasteiger partial charge on any atom is 0.263 e. The van der Waals surface area contributed by atoms with Gasteiger partial charge in [-0.25, -0.2) is 0 Å². The van der Waals surface area contributed by atoms with Gasteiger partial charge in [-0.3, -0.25) is 9.59 Å². The van der Waals surface area contributed by atoms with Crippen LogP contribution in [0.4, 0.5) is 5.69 Å². The number of thiazole rings is 1. The van der Waals surface area contributed by atoms with Crippen molar-refractivity contribution in [3.05, 3.63) is 71.1 Å². The Morgan fingerprint density at radius 3 is 2.54 bits per heavy atom. The van der Waals surface area contributed by atoms with E-state index in [1.54, 1.807) is 23.5 Å². The molecule has 28 heavy (non-hydrogen) atoms. The second-order valence-corrected chi connectivity index (χ2v) is 7.93. The maximum atomic E-state index is 12.7. The summed E-state index contributed by atoms with van der Waals surface area (Å²) in [6.45, 7) is 0. The van der Waals surface area contributed by atoms with Gasteiger partial charge in [-0.15, -0.1) is 0 Å². The first-order valence-corrected chi connectivity index (χ1v) is 9.76. The predicted molar refractivity (Wildman–Crippen MR) is 108 cm³/mol. The highest BCUT2D eigenvalue weighted by Crippen LogP contribution is 2.39. The zero-order valence-electron chi connectivity index (χ0n) is 15.4. The van der Waals surface area contributed by atoms with Crippen molar-refractivity contribution < 1.29 is 18.9 Å². The standard InChI is InChI=1S/C22H17N2O3S/c1-23-15-7-3-5-9-17(15)27-19(23)11-13-21(25)14(22(13)26)12-20-24(2)16-8-4-6-10-18(16)28-20/h3-13H,1-2H3/q+1/b14-12?,19-11+. The third kappa shape index (κ3) is 2.42. The minimum Gasteiger partial charge on any atom is -0.439 e. The molecule has 138 valence electrons. The van der Waals surface area contributed by atoms with Crippen molar-refractivity contribution in [3.63, 3.8) is 0 Å². The highest BCUT2D eigenvalue weighted by molar-refractivity contribution is 7.18. The van der Waals surface area contributed by atoms with Crippen LogP contribution in [-0.4, -0.2) is 18.6 Å². The Hall–Kier alpha value is -3.25. The quantitative estimate of drug-likeness (QED) is 0.292. The van der Waals surface area contributed by atoms with Gasteiger partial charge in [0, 0.05) is 19.2 Å². The third-order valence-electron chi connectivity index (χ3n) is 5.22. The van der Waals surface area contributed by atoms with Crippen LogP contribution in [0.3, 0.4) is 0 Å². The van der Waals surface area contributed by atoms with Crippen LogP contribution in [0, 0.1) is 5.92 Å². The van der Waals surface area contributed by atoms with E-state index >= 15 is 0 Å². The lowest BCUT2D eigenvalue weighted by Gasteiger charge is -2.23. The number of fused-ring (bicyclic) bond motifs is 2. The number of para-hydroxylation sites is 3. The molecule has 1 aliphatic carbocycles. The molecule has 0 amide bonds. The predicted octanol–water partition coefficient (Wildman–Crippen LogP) is 3.25. The second kappa shape index (κ2) is 6.14. The van der Waals surface area contributed by atoms with Crippen molar-refractivity contribution in [1.82, 2.24) is 0 Å².